The van der Waals surface area contributed by atoms with Crippen LogP contribution in [0.3, 0.4) is 0 Å². The Labute approximate surface area is 131 Å². The molecule has 1 aromatic rings. The van der Waals surface area contributed by atoms with E-state index in [4.69, 9.17) is 14.7 Å². The van der Waals surface area contributed by atoms with Crippen LogP contribution in [-0.4, -0.2) is 23.3 Å². The van der Waals surface area contributed by atoms with Crippen LogP contribution in [-0.2, 0) is 11.2 Å². The van der Waals surface area contributed by atoms with E-state index in [9.17, 15) is 4.79 Å². The van der Waals surface area contributed by atoms with Crippen molar-refractivity contribution < 1.29 is 14.3 Å². The fraction of sp³-hybridized carbons (Fsp3) is 0.529. The lowest BCUT2D eigenvalue weighted by atomic mass is 9.88. The quantitative estimate of drug-likeness (QED) is 0.865. The number of ether oxygens (including phenoxy) is 2. The second-order valence-corrected chi connectivity index (χ2v) is 7.04. The van der Waals surface area contributed by atoms with E-state index in [1.165, 1.54) is 0 Å². The minimum absolute atomic E-state index is 0.233. The van der Waals surface area contributed by atoms with Crippen LogP contribution < -0.4 is 10.1 Å². The van der Waals surface area contributed by atoms with E-state index in [0.717, 1.165) is 11.3 Å². The second kappa shape index (κ2) is 5.53. The molecule has 22 heavy (non-hydrogen) atoms. The summed E-state index contributed by atoms with van der Waals surface area (Å²) in [6, 6.07) is 7.22. The average molecular weight is 302 g/mol. The highest BCUT2D eigenvalue weighted by Crippen LogP contribution is 2.34. The zero-order valence-electron chi connectivity index (χ0n) is 13.7. The van der Waals surface area contributed by atoms with Gasteiger partial charge in [0, 0.05) is 6.42 Å². The van der Waals surface area contributed by atoms with Crippen molar-refractivity contribution in [1.29, 1.82) is 5.26 Å². The van der Waals surface area contributed by atoms with Crippen LogP contribution in [0.4, 0.5) is 4.79 Å². The zero-order valence-corrected chi connectivity index (χ0v) is 13.7. The summed E-state index contributed by atoms with van der Waals surface area (Å²) in [7, 11) is 0. The molecule has 0 aromatic heterocycles. The van der Waals surface area contributed by atoms with Gasteiger partial charge < -0.3 is 14.8 Å². The number of nitrogens with zero attached hydrogens (tertiary/aromatic N) is 1. The van der Waals surface area contributed by atoms with Crippen molar-refractivity contribution in [3.05, 3.63) is 29.3 Å². The highest BCUT2D eigenvalue weighted by Gasteiger charge is 2.38. The summed E-state index contributed by atoms with van der Waals surface area (Å²) in [6.45, 7) is 9.32. The number of nitrogens with one attached hydrogen (secondary N) is 1. The van der Waals surface area contributed by atoms with Crippen LogP contribution >= 0.6 is 0 Å². The molecule has 0 saturated carbocycles. The molecule has 0 radical (unpaired) electrons. The molecule has 0 aliphatic carbocycles. The van der Waals surface area contributed by atoms with Gasteiger partial charge in [-0.3, -0.25) is 0 Å². The molecule has 1 N–H and O–H groups in total. The van der Waals surface area contributed by atoms with Gasteiger partial charge in [0.2, 0.25) is 0 Å². The largest absolute Gasteiger partial charge is 0.485 e. The van der Waals surface area contributed by atoms with Gasteiger partial charge in [0.15, 0.2) is 0 Å². The zero-order chi connectivity index (χ0) is 16.5. The molecule has 1 amide bonds. The van der Waals surface area contributed by atoms with Crippen molar-refractivity contribution in [3.63, 3.8) is 0 Å². The van der Waals surface area contributed by atoms with Gasteiger partial charge in [-0.25, -0.2) is 4.79 Å². The first-order chi connectivity index (χ1) is 10.1. The predicted molar refractivity (Wildman–Crippen MR) is 82.7 cm³/mol. The van der Waals surface area contributed by atoms with Crippen LogP contribution in [0.5, 0.6) is 5.75 Å². The number of amides is 1. The number of alkyl carbamates (subject to hydrolysis) is 1. The normalized spacial score (nSPS) is 19.4. The Hall–Kier alpha value is -2.22. The van der Waals surface area contributed by atoms with E-state index in [1.807, 2.05) is 34.6 Å². The van der Waals surface area contributed by atoms with Gasteiger partial charge in [-0.2, -0.15) is 5.26 Å². The van der Waals surface area contributed by atoms with E-state index < -0.39 is 17.3 Å². The third-order valence-corrected chi connectivity index (χ3v) is 3.52. The van der Waals surface area contributed by atoms with Gasteiger partial charge in [0.1, 0.15) is 17.0 Å². The predicted octanol–water partition coefficient (Wildman–Crippen LogP) is 3.17. The lowest BCUT2D eigenvalue weighted by Gasteiger charge is -2.40. The number of nitriles is 1. The molecule has 118 valence electrons. The first-order valence-corrected chi connectivity index (χ1v) is 7.32. The molecule has 0 fully saturated rings. The van der Waals surface area contributed by atoms with Crippen LogP contribution in [0, 0.1) is 11.3 Å². The highest BCUT2D eigenvalue weighted by atomic mass is 16.6. The summed E-state index contributed by atoms with van der Waals surface area (Å²) in [5, 5.41) is 11.9. The third kappa shape index (κ3) is 3.70. The maximum Gasteiger partial charge on any atom is 0.408 e. The van der Waals surface area contributed by atoms with E-state index in [0.29, 0.717) is 12.0 Å². The summed E-state index contributed by atoms with van der Waals surface area (Å²) < 4.78 is 11.3. The molecule has 0 spiro atoms. The maximum absolute atomic E-state index is 12.0. The van der Waals surface area contributed by atoms with Crippen molar-refractivity contribution in [3.8, 4) is 11.8 Å². The van der Waals surface area contributed by atoms with Crippen molar-refractivity contribution in [2.45, 2.75) is 58.3 Å². The number of carbonyl (C=O) groups is 1. The Morgan fingerprint density at radius 1 is 1.45 bits per heavy atom. The van der Waals surface area contributed by atoms with Crippen LogP contribution in [0.25, 0.3) is 0 Å². The summed E-state index contributed by atoms with van der Waals surface area (Å²) in [5.41, 5.74) is 0.394. The van der Waals surface area contributed by atoms with Crippen LogP contribution in [0.1, 0.15) is 45.7 Å². The van der Waals surface area contributed by atoms with Crippen LogP contribution in [0.2, 0.25) is 0 Å². The lowest BCUT2D eigenvalue weighted by molar-refractivity contribution is 0.0222. The Morgan fingerprint density at radius 2 is 2.14 bits per heavy atom. The summed E-state index contributed by atoms with van der Waals surface area (Å²) in [6.07, 6.45) is 0.131. The smallest absolute Gasteiger partial charge is 0.408 e. The van der Waals surface area contributed by atoms with E-state index in [1.54, 1.807) is 18.2 Å². The van der Waals surface area contributed by atoms with E-state index in [2.05, 4.69) is 11.4 Å². The molecule has 0 saturated heterocycles. The Balaban J connectivity index is 2.18. The van der Waals surface area contributed by atoms with Gasteiger partial charge in [-0.05, 0) is 58.4 Å². The van der Waals surface area contributed by atoms with Gasteiger partial charge >= 0.3 is 6.09 Å². The highest BCUT2D eigenvalue weighted by molar-refractivity contribution is 5.68. The number of carbonyl (C=O) groups excluding carboxylic acids is 1. The second-order valence-electron chi connectivity index (χ2n) is 7.04. The topological polar surface area (TPSA) is 71.3 Å². The fourth-order valence-electron chi connectivity index (χ4n) is 2.40. The molecule has 1 aliphatic rings. The van der Waals surface area contributed by atoms with E-state index in [-0.39, 0.29) is 6.04 Å². The van der Waals surface area contributed by atoms with Crippen molar-refractivity contribution >= 4 is 6.09 Å². The van der Waals surface area contributed by atoms with E-state index >= 15 is 0 Å². The lowest BCUT2D eigenvalue weighted by Crippen LogP contribution is -2.56. The van der Waals surface area contributed by atoms with Gasteiger partial charge in [-0.1, -0.05) is 0 Å². The molecular weight excluding hydrogens is 280 g/mol. The third-order valence-electron chi connectivity index (χ3n) is 3.52. The van der Waals surface area contributed by atoms with Crippen molar-refractivity contribution in [2.24, 2.45) is 0 Å². The summed E-state index contributed by atoms with van der Waals surface area (Å²) in [5.74, 6) is 0.756. The number of hydrogen-bond donors (Lipinski definition) is 1. The maximum atomic E-state index is 12.0. The molecule has 1 atom stereocenters. The Kier molecular flexibility index (Phi) is 4.06. The number of hydrogen-bond acceptors (Lipinski definition) is 4. The standard InChI is InChI=1S/C17H22N2O3/c1-16(2,3)22-15(20)19-14-9-12-8-11(10-18)6-7-13(12)21-17(14,4)5/h6-8,14H,9H2,1-5H3,(H,19,20)/t14-/m0/s1. The molecule has 5 nitrogen and oxygen atoms in total. The molecule has 1 aromatic carbocycles. The minimum Gasteiger partial charge on any atom is -0.485 e. The monoisotopic (exact) mass is 302 g/mol. The SMILES string of the molecule is CC(C)(C)OC(=O)N[C@H]1Cc2cc(C#N)ccc2OC1(C)C. The fourth-order valence-corrected chi connectivity index (χ4v) is 2.40. The molecular formula is C17H22N2O3. The number of rotatable bonds is 1. The average Bonchev–Trinajstić information content (AvgIpc) is 2.36. The first kappa shape index (κ1) is 16.2. The van der Waals surface area contributed by atoms with Crippen LogP contribution in [0.15, 0.2) is 18.2 Å². The Morgan fingerprint density at radius 3 is 2.73 bits per heavy atom. The molecule has 0 bridgehead atoms. The molecule has 5 heteroatoms. The van der Waals surface area contributed by atoms with Gasteiger partial charge in [-0.15, -0.1) is 0 Å². The number of fused-ring (bicyclic) bond motifs is 1. The first-order valence-electron chi connectivity index (χ1n) is 7.32. The van der Waals surface area contributed by atoms with Gasteiger partial charge in [0.05, 0.1) is 17.7 Å². The Bertz CT molecular complexity index is 624. The van der Waals surface area contributed by atoms with Crippen molar-refractivity contribution in [2.75, 3.05) is 0 Å². The summed E-state index contributed by atoms with van der Waals surface area (Å²) >= 11 is 0. The molecule has 1 aliphatic heterocycles. The minimum atomic E-state index is -0.557. The number of benzene rings is 1. The molecule has 2 rings (SSSR count). The summed E-state index contributed by atoms with van der Waals surface area (Å²) in [4.78, 5) is 12.0. The van der Waals surface area contributed by atoms with Crippen molar-refractivity contribution in [1.82, 2.24) is 5.32 Å². The molecule has 0 unspecified atom stereocenters. The van der Waals surface area contributed by atoms with Gasteiger partial charge in [0.25, 0.3) is 0 Å². The molecule has 1 heterocycles.